The average Bonchev–Trinajstić information content (AvgIpc) is 3.35. The lowest BCUT2D eigenvalue weighted by molar-refractivity contribution is -0.149. The summed E-state index contributed by atoms with van der Waals surface area (Å²) >= 11 is 0. The molecule has 3 unspecified atom stereocenters. The fourth-order valence-electron chi connectivity index (χ4n) is 2.94. The van der Waals surface area contributed by atoms with E-state index in [1.54, 1.807) is 0 Å². The Morgan fingerprint density at radius 3 is 2.75 bits per heavy atom. The zero-order valence-electron chi connectivity index (χ0n) is 15.1. The first-order valence-electron chi connectivity index (χ1n) is 8.77. The first-order valence-corrected chi connectivity index (χ1v) is 8.77. The molecule has 1 aliphatic heterocycles. The molecule has 3 amide bonds. The second kappa shape index (κ2) is 9.80. The molecule has 0 spiro atoms. The van der Waals surface area contributed by atoms with Gasteiger partial charge in [-0.1, -0.05) is 0 Å². The number of carbonyl (C=O) groups excluding carboxylic acids is 3. The molecule has 0 aliphatic carbocycles. The molecule has 12 nitrogen and oxygen atoms in total. The number of aromatic nitrogens is 2. The summed E-state index contributed by atoms with van der Waals surface area (Å²) in [5.41, 5.74) is 6.41. The number of imidazole rings is 1. The summed E-state index contributed by atoms with van der Waals surface area (Å²) < 4.78 is 0. The van der Waals surface area contributed by atoms with Crippen LogP contribution in [0.15, 0.2) is 12.5 Å². The molecule has 1 saturated heterocycles. The van der Waals surface area contributed by atoms with Crippen LogP contribution in [0, 0.1) is 0 Å². The van der Waals surface area contributed by atoms with Gasteiger partial charge in [0.05, 0.1) is 25.5 Å². The molecule has 1 fully saturated rings. The molecule has 0 bridgehead atoms. The van der Waals surface area contributed by atoms with E-state index in [9.17, 15) is 24.3 Å². The highest BCUT2D eigenvalue weighted by Gasteiger charge is 2.37. The number of H-pyrrole nitrogens is 1. The zero-order valence-corrected chi connectivity index (χ0v) is 15.1. The van der Waals surface area contributed by atoms with Crippen LogP contribution in [0.5, 0.6) is 0 Å². The number of hydrogen-bond acceptors (Lipinski definition) is 7. The smallest absolute Gasteiger partial charge is 0.326 e. The second-order valence-corrected chi connectivity index (χ2v) is 6.44. The van der Waals surface area contributed by atoms with Crippen LogP contribution in [0.3, 0.4) is 0 Å². The van der Waals surface area contributed by atoms with Gasteiger partial charge in [0.1, 0.15) is 12.1 Å². The Morgan fingerprint density at radius 1 is 1.39 bits per heavy atom. The van der Waals surface area contributed by atoms with Gasteiger partial charge >= 0.3 is 5.97 Å². The highest BCUT2D eigenvalue weighted by molar-refractivity contribution is 5.92. The predicted molar refractivity (Wildman–Crippen MR) is 94.7 cm³/mol. The minimum absolute atomic E-state index is 0.205. The van der Waals surface area contributed by atoms with Crippen LogP contribution in [-0.2, 0) is 25.6 Å². The molecule has 0 saturated carbocycles. The molecule has 7 N–H and O–H groups in total. The van der Waals surface area contributed by atoms with Gasteiger partial charge in [-0.15, -0.1) is 0 Å². The van der Waals surface area contributed by atoms with E-state index < -0.39 is 55.0 Å². The molecule has 0 aromatic carbocycles. The van der Waals surface area contributed by atoms with Crippen molar-refractivity contribution in [1.82, 2.24) is 25.5 Å². The monoisotopic (exact) mass is 396 g/mol. The van der Waals surface area contributed by atoms with Crippen molar-refractivity contribution in [3.63, 3.8) is 0 Å². The van der Waals surface area contributed by atoms with Gasteiger partial charge in [-0.05, 0) is 12.8 Å². The number of rotatable bonds is 9. The lowest BCUT2D eigenvalue weighted by Crippen LogP contribution is -2.55. The van der Waals surface area contributed by atoms with E-state index in [0.717, 1.165) is 4.90 Å². The summed E-state index contributed by atoms with van der Waals surface area (Å²) in [6, 6.07) is -3.16. The molecule has 28 heavy (non-hydrogen) atoms. The molecule has 12 heteroatoms. The highest BCUT2D eigenvalue weighted by atomic mass is 16.4. The van der Waals surface area contributed by atoms with Crippen molar-refractivity contribution in [2.75, 3.05) is 19.7 Å². The van der Waals surface area contributed by atoms with E-state index in [-0.39, 0.29) is 13.0 Å². The minimum Gasteiger partial charge on any atom is -0.480 e. The topological polar surface area (TPSA) is 191 Å². The summed E-state index contributed by atoms with van der Waals surface area (Å²) in [5.74, 6) is -3.09. The van der Waals surface area contributed by atoms with Crippen LogP contribution in [-0.4, -0.2) is 86.6 Å². The Kier molecular flexibility index (Phi) is 7.46. The van der Waals surface area contributed by atoms with E-state index in [0.29, 0.717) is 18.5 Å². The first-order chi connectivity index (χ1) is 13.3. The second-order valence-electron chi connectivity index (χ2n) is 6.44. The number of carboxylic acids is 1. The van der Waals surface area contributed by atoms with Crippen molar-refractivity contribution in [3.8, 4) is 0 Å². The third kappa shape index (κ3) is 5.50. The molecule has 1 aromatic rings. The van der Waals surface area contributed by atoms with E-state index in [4.69, 9.17) is 10.8 Å². The Balaban J connectivity index is 1.82. The number of carbonyl (C=O) groups is 4. The number of aliphatic carboxylic acids is 1. The fourth-order valence-corrected chi connectivity index (χ4v) is 2.94. The van der Waals surface area contributed by atoms with E-state index in [1.165, 1.54) is 12.5 Å². The van der Waals surface area contributed by atoms with Crippen molar-refractivity contribution < 1.29 is 29.4 Å². The molecule has 1 aromatic heterocycles. The van der Waals surface area contributed by atoms with Crippen molar-refractivity contribution in [2.24, 2.45) is 5.73 Å². The van der Waals surface area contributed by atoms with Gasteiger partial charge in [0.2, 0.25) is 17.7 Å². The third-order valence-corrected chi connectivity index (χ3v) is 4.39. The van der Waals surface area contributed by atoms with Gasteiger partial charge in [0.25, 0.3) is 0 Å². The molecule has 3 atom stereocenters. The molecule has 154 valence electrons. The van der Waals surface area contributed by atoms with Crippen LogP contribution < -0.4 is 16.4 Å². The standard InChI is InChI=1S/C16H24N6O6/c17-10(4-9-5-18-8-20-9)14(25)19-6-13(24)21-11(7-23)15(26)22-3-1-2-12(22)16(27)28/h5,8,10-12,23H,1-4,6-7,17H2,(H,18,20)(H,19,25)(H,21,24)(H,27,28). The SMILES string of the molecule is NC(Cc1cnc[nH]1)C(=O)NCC(=O)NC(CO)C(=O)N1CCCC1C(=O)O. The number of amides is 3. The van der Waals surface area contributed by atoms with Gasteiger partial charge in [0, 0.05) is 24.9 Å². The summed E-state index contributed by atoms with van der Waals surface area (Å²) in [7, 11) is 0. The van der Waals surface area contributed by atoms with Gasteiger partial charge < -0.3 is 36.5 Å². The van der Waals surface area contributed by atoms with Gasteiger partial charge in [0.15, 0.2) is 0 Å². The molecular formula is C16H24N6O6. The molecule has 1 aliphatic rings. The van der Waals surface area contributed by atoms with Crippen LogP contribution in [0.4, 0.5) is 0 Å². The number of aliphatic hydroxyl groups is 1. The van der Waals surface area contributed by atoms with E-state index >= 15 is 0 Å². The zero-order chi connectivity index (χ0) is 20.7. The first kappa shape index (κ1) is 21.3. The van der Waals surface area contributed by atoms with Gasteiger partial charge in [-0.25, -0.2) is 9.78 Å². The maximum Gasteiger partial charge on any atom is 0.326 e. The lowest BCUT2D eigenvalue weighted by Gasteiger charge is -2.26. The summed E-state index contributed by atoms with van der Waals surface area (Å²) in [4.78, 5) is 55.3. The fraction of sp³-hybridized carbons (Fsp3) is 0.562. The minimum atomic E-state index is -1.29. The van der Waals surface area contributed by atoms with E-state index in [2.05, 4.69) is 20.6 Å². The number of likely N-dealkylation sites (tertiary alicyclic amines) is 1. The largest absolute Gasteiger partial charge is 0.480 e. The Hall–Kier alpha value is -2.99. The molecule has 0 radical (unpaired) electrons. The quantitative estimate of drug-likeness (QED) is 0.253. The summed E-state index contributed by atoms with van der Waals surface area (Å²) in [6.07, 6.45) is 4.03. The molecule has 2 rings (SSSR count). The summed E-state index contributed by atoms with van der Waals surface area (Å²) in [6.45, 7) is -0.899. The number of aliphatic hydroxyl groups excluding tert-OH is 1. The number of hydrogen-bond donors (Lipinski definition) is 6. The van der Waals surface area contributed by atoms with Crippen molar-refractivity contribution >= 4 is 23.7 Å². The average molecular weight is 396 g/mol. The lowest BCUT2D eigenvalue weighted by atomic mass is 10.1. The van der Waals surface area contributed by atoms with Crippen LogP contribution in [0.2, 0.25) is 0 Å². The Labute approximate surface area is 160 Å². The highest BCUT2D eigenvalue weighted by Crippen LogP contribution is 2.18. The number of nitrogens with zero attached hydrogens (tertiary/aromatic N) is 2. The predicted octanol–water partition coefficient (Wildman–Crippen LogP) is -3.05. The van der Waals surface area contributed by atoms with Crippen molar-refractivity contribution in [2.45, 2.75) is 37.4 Å². The van der Waals surface area contributed by atoms with Crippen molar-refractivity contribution in [1.29, 1.82) is 0 Å². The van der Waals surface area contributed by atoms with Crippen LogP contribution >= 0.6 is 0 Å². The molecular weight excluding hydrogens is 372 g/mol. The van der Waals surface area contributed by atoms with Crippen LogP contribution in [0.1, 0.15) is 18.5 Å². The van der Waals surface area contributed by atoms with Gasteiger partial charge in [-0.3, -0.25) is 14.4 Å². The number of carboxylic acid groups (broad SMARTS) is 1. The Morgan fingerprint density at radius 2 is 2.14 bits per heavy atom. The van der Waals surface area contributed by atoms with Crippen molar-refractivity contribution in [3.05, 3.63) is 18.2 Å². The maximum absolute atomic E-state index is 12.4. The van der Waals surface area contributed by atoms with Crippen LogP contribution in [0.25, 0.3) is 0 Å². The summed E-state index contributed by atoms with van der Waals surface area (Å²) in [5, 5.41) is 23.2. The third-order valence-electron chi connectivity index (χ3n) is 4.39. The number of nitrogens with one attached hydrogen (secondary N) is 3. The van der Waals surface area contributed by atoms with E-state index in [1.807, 2.05) is 0 Å². The Bertz CT molecular complexity index is 708. The normalized spacial score (nSPS) is 18.4. The number of nitrogens with two attached hydrogens (primary N) is 1. The maximum atomic E-state index is 12.4. The molecule has 2 heterocycles. The number of aromatic amines is 1. The van der Waals surface area contributed by atoms with Gasteiger partial charge in [-0.2, -0.15) is 0 Å².